The molecule has 3 aromatic rings. The van der Waals surface area contributed by atoms with Crippen LogP contribution in [-0.2, 0) is 19.6 Å². The minimum atomic E-state index is -0.395. The molecule has 0 spiro atoms. The van der Waals surface area contributed by atoms with Crippen LogP contribution in [0.2, 0.25) is 5.02 Å². The fourth-order valence-electron chi connectivity index (χ4n) is 2.42. The number of nitrogens with zero attached hydrogens (tertiary/aromatic N) is 3. The number of benzene rings is 2. The van der Waals surface area contributed by atoms with Gasteiger partial charge in [0.25, 0.3) is 0 Å². The van der Waals surface area contributed by atoms with Crippen molar-refractivity contribution in [1.82, 2.24) is 14.8 Å². The third-order valence-corrected chi connectivity index (χ3v) is 3.97. The zero-order valence-corrected chi connectivity index (χ0v) is 14.2. The highest BCUT2D eigenvalue weighted by molar-refractivity contribution is 6.31. The van der Waals surface area contributed by atoms with Gasteiger partial charge < -0.3 is 9.84 Å². The number of aliphatic hydroxyl groups excluding tert-OH is 1. The van der Waals surface area contributed by atoms with Crippen LogP contribution in [0, 0.1) is 5.82 Å². The maximum atomic E-state index is 14.0. The van der Waals surface area contributed by atoms with Crippen molar-refractivity contribution in [3.63, 3.8) is 0 Å². The molecule has 0 bridgehead atoms. The maximum Gasteiger partial charge on any atom is 0.188 e. The summed E-state index contributed by atoms with van der Waals surface area (Å²) in [7, 11) is 0. The van der Waals surface area contributed by atoms with Crippen LogP contribution in [0.4, 0.5) is 4.39 Å². The van der Waals surface area contributed by atoms with E-state index >= 15 is 0 Å². The molecule has 1 N–H and O–H groups in total. The van der Waals surface area contributed by atoms with Gasteiger partial charge in [-0.25, -0.2) is 14.1 Å². The molecule has 25 heavy (non-hydrogen) atoms. The van der Waals surface area contributed by atoms with E-state index < -0.39 is 5.82 Å². The summed E-state index contributed by atoms with van der Waals surface area (Å²) in [4.78, 5) is 4.41. The van der Waals surface area contributed by atoms with Gasteiger partial charge in [-0.05, 0) is 24.3 Å². The fraction of sp³-hybridized carbons (Fsp3) is 0.222. The Morgan fingerprint density at radius 3 is 2.64 bits per heavy atom. The van der Waals surface area contributed by atoms with Gasteiger partial charge in [-0.3, -0.25) is 0 Å². The molecule has 0 atom stereocenters. The lowest BCUT2D eigenvalue weighted by molar-refractivity contribution is 0.264. The quantitative estimate of drug-likeness (QED) is 0.702. The second-order valence-corrected chi connectivity index (χ2v) is 5.78. The summed E-state index contributed by atoms with van der Waals surface area (Å²) < 4.78 is 21.2. The molecular weight excluding hydrogens is 345 g/mol. The van der Waals surface area contributed by atoms with Crippen molar-refractivity contribution >= 4 is 11.6 Å². The molecule has 0 amide bonds. The van der Waals surface area contributed by atoms with Crippen LogP contribution in [0.25, 0.3) is 0 Å². The monoisotopic (exact) mass is 361 g/mol. The van der Waals surface area contributed by atoms with Gasteiger partial charge in [0.2, 0.25) is 0 Å². The standard InChI is InChI=1S/C18H17ClFN3O2/c19-15-7-4-8-16(20)14(15)11-18-21-17(22-23(18)9-10-24)12-25-13-5-2-1-3-6-13/h1-8,24H,9-12H2. The summed E-state index contributed by atoms with van der Waals surface area (Å²) in [6, 6.07) is 13.9. The van der Waals surface area contributed by atoms with Gasteiger partial charge in [0.15, 0.2) is 5.82 Å². The molecule has 0 saturated carbocycles. The number of halogens is 2. The Bertz CT molecular complexity index is 819. The van der Waals surface area contributed by atoms with E-state index in [0.717, 1.165) is 0 Å². The van der Waals surface area contributed by atoms with Crippen LogP contribution >= 0.6 is 11.6 Å². The zero-order valence-electron chi connectivity index (χ0n) is 13.4. The normalized spacial score (nSPS) is 10.8. The maximum absolute atomic E-state index is 14.0. The molecule has 0 aliphatic rings. The van der Waals surface area contributed by atoms with Gasteiger partial charge in [0.1, 0.15) is 24.0 Å². The first-order valence-electron chi connectivity index (χ1n) is 7.81. The first-order valence-corrected chi connectivity index (χ1v) is 8.19. The Balaban J connectivity index is 1.80. The van der Waals surface area contributed by atoms with Crippen molar-refractivity contribution < 1.29 is 14.2 Å². The lowest BCUT2D eigenvalue weighted by Gasteiger charge is -2.06. The van der Waals surface area contributed by atoms with Crippen molar-refractivity contribution in [2.24, 2.45) is 0 Å². The highest BCUT2D eigenvalue weighted by atomic mass is 35.5. The molecular formula is C18H17ClFN3O2. The van der Waals surface area contributed by atoms with Crippen molar-refractivity contribution in [3.05, 3.63) is 76.6 Å². The molecule has 0 fully saturated rings. The Kier molecular flexibility index (Phi) is 5.63. The lowest BCUT2D eigenvalue weighted by Crippen LogP contribution is -2.10. The predicted octanol–water partition coefficient (Wildman–Crippen LogP) is 3.23. The molecule has 7 heteroatoms. The Morgan fingerprint density at radius 2 is 1.92 bits per heavy atom. The average molecular weight is 362 g/mol. The third-order valence-electron chi connectivity index (χ3n) is 3.61. The smallest absolute Gasteiger partial charge is 0.188 e. The SMILES string of the molecule is OCCn1nc(COc2ccccc2)nc1Cc1c(F)cccc1Cl. The molecule has 0 aliphatic heterocycles. The molecule has 0 radical (unpaired) electrons. The van der Waals surface area contributed by atoms with E-state index in [1.54, 1.807) is 16.8 Å². The van der Waals surface area contributed by atoms with Crippen molar-refractivity contribution in [2.75, 3.05) is 6.61 Å². The van der Waals surface area contributed by atoms with Gasteiger partial charge in [0.05, 0.1) is 13.2 Å². The van der Waals surface area contributed by atoms with E-state index in [-0.39, 0.29) is 26.2 Å². The van der Waals surface area contributed by atoms with Gasteiger partial charge in [-0.1, -0.05) is 35.9 Å². The minimum Gasteiger partial charge on any atom is -0.486 e. The molecule has 130 valence electrons. The summed E-state index contributed by atoms with van der Waals surface area (Å²) in [5.41, 5.74) is 0.353. The second kappa shape index (κ2) is 8.09. The number of rotatable bonds is 7. The molecule has 5 nitrogen and oxygen atoms in total. The molecule has 0 unspecified atom stereocenters. The first kappa shape index (κ1) is 17.4. The van der Waals surface area contributed by atoms with E-state index in [2.05, 4.69) is 10.1 Å². The summed E-state index contributed by atoms with van der Waals surface area (Å²) in [5, 5.41) is 13.9. The fourth-order valence-corrected chi connectivity index (χ4v) is 2.65. The van der Waals surface area contributed by atoms with E-state index in [1.165, 1.54) is 6.07 Å². The number of aliphatic hydroxyl groups is 1. The number of hydrogen-bond acceptors (Lipinski definition) is 4. The predicted molar refractivity (Wildman–Crippen MR) is 92.1 cm³/mol. The Morgan fingerprint density at radius 1 is 1.12 bits per heavy atom. The zero-order chi connectivity index (χ0) is 17.6. The van der Waals surface area contributed by atoms with Crippen LogP contribution < -0.4 is 4.74 Å². The largest absolute Gasteiger partial charge is 0.486 e. The van der Waals surface area contributed by atoms with E-state index in [1.807, 2.05) is 30.3 Å². The highest BCUT2D eigenvalue weighted by Crippen LogP contribution is 2.22. The van der Waals surface area contributed by atoms with Crippen molar-refractivity contribution in [2.45, 2.75) is 19.6 Å². The van der Waals surface area contributed by atoms with Gasteiger partial charge in [-0.15, -0.1) is 0 Å². The Hall–Kier alpha value is -2.44. The molecule has 0 aliphatic carbocycles. The van der Waals surface area contributed by atoms with Crippen LogP contribution in [0.1, 0.15) is 17.2 Å². The molecule has 0 saturated heterocycles. The van der Waals surface area contributed by atoms with Crippen molar-refractivity contribution in [3.8, 4) is 5.75 Å². The molecule has 1 heterocycles. The van der Waals surface area contributed by atoms with Crippen molar-refractivity contribution in [1.29, 1.82) is 0 Å². The average Bonchev–Trinajstić information content (AvgIpc) is 2.99. The number of aromatic nitrogens is 3. The van der Waals surface area contributed by atoms with Crippen LogP contribution in [-0.4, -0.2) is 26.5 Å². The molecule has 2 aromatic carbocycles. The summed E-state index contributed by atoms with van der Waals surface area (Å²) in [6.45, 7) is 0.348. The Labute approximate surface area is 149 Å². The van der Waals surface area contributed by atoms with Gasteiger partial charge in [0, 0.05) is 17.0 Å². The lowest BCUT2D eigenvalue weighted by atomic mass is 10.1. The van der Waals surface area contributed by atoms with Gasteiger partial charge >= 0.3 is 0 Å². The summed E-state index contributed by atoms with van der Waals surface area (Å²) in [6.07, 6.45) is 0.184. The first-order chi connectivity index (χ1) is 12.2. The third kappa shape index (κ3) is 4.35. The van der Waals surface area contributed by atoms with Gasteiger partial charge in [-0.2, -0.15) is 5.10 Å². The number of hydrogen-bond donors (Lipinski definition) is 1. The number of ether oxygens (including phenoxy) is 1. The van der Waals surface area contributed by atoms with Crippen LogP contribution in [0.5, 0.6) is 5.75 Å². The van der Waals surface area contributed by atoms with Crippen LogP contribution in [0.15, 0.2) is 48.5 Å². The second-order valence-electron chi connectivity index (χ2n) is 5.37. The summed E-state index contributed by atoms with van der Waals surface area (Å²) in [5.74, 6) is 1.29. The minimum absolute atomic E-state index is 0.0969. The topological polar surface area (TPSA) is 60.2 Å². The summed E-state index contributed by atoms with van der Waals surface area (Å²) >= 11 is 6.09. The van der Waals surface area contributed by atoms with Crippen LogP contribution in [0.3, 0.4) is 0 Å². The van der Waals surface area contributed by atoms with E-state index in [0.29, 0.717) is 28.0 Å². The van der Waals surface area contributed by atoms with E-state index in [9.17, 15) is 9.50 Å². The molecule has 3 rings (SSSR count). The van der Waals surface area contributed by atoms with E-state index in [4.69, 9.17) is 16.3 Å². The molecule has 1 aromatic heterocycles. The highest BCUT2D eigenvalue weighted by Gasteiger charge is 2.15. The number of para-hydroxylation sites is 1.